The van der Waals surface area contributed by atoms with Gasteiger partial charge < -0.3 is 19.4 Å². The number of rotatable bonds is 5. The van der Waals surface area contributed by atoms with Gasteiger partial charge >= 0.3 is 0 Å². The number of nitrogens with zero attached hydrogens (tertiary/aromatic N) is 2. The van der Waals surface area contributed by atoms with Gasteiger partial charge in [0, 0.05) is 19.2 Å². The summed E-state index contributed by atoms with van der Waals surface area (Å²) in [6, 6.07) is 8.09. The number of hydrogen-bond acceptors (Lipinski definition) is 5. The Kier molecular flexibility index (Phi) is 4.85. The summed E-state index contributed by atoms with van der Waals surface area (Å²) in [7, 11) is 3.29. The summed E-state index contributed by atoms with van der Waals surface area (Å²) in [6.45, 7) is 4.67. The van der Waals surface area contributed by atoms with Gasteiger partial charge in [0.05, 0.1) is 23.8 Å². The van der Waals surface area contributed by atoms with Crippen LogP contribution in [-0.2, 0) is 13.0 Å². The lowest BCUT2D eigenvalue weighted by Gasteiger charge is -2.23. The van der Waals surface area contributed by atoms with Crippen molar-refractivity contribution >= 4 is 17.2 Å². The van der Waals surface area contributed by atoms with Crippen LogP contribution in [0.4, 0.5) is 0 Å². The van der Waals surface area contributed by atoms with Gasteiger partial charge in [0.15, 0.2) is 17.3 Å². The molecule has 6 nitrogen and oxygen atoms in total. The first-order valence-electron chi connectivity index (χ1n) is 9.28. The average molecular weight is 398 g/mol. The van der Waals surface area contributed by atoms with E-state index >= 15 is 0 Å². The van der Waals surface area contributed by atoms with Crippen LogP contribution in [0.1, 0.15) is 30.0 Å². The zero-order valence-electron chi connectivity index (χ0n) is 16.4. The van der Waals surface area contributed by atoms with Crippen LogP contribution < -0.4 is 14.8 Å². The molecule has 1 amide bonds. The van der Waals surface area contributed by atoms with Gasteiger partial charge in [-0.25, -0.2) is 4.98 Å². The fourth-order valence-corrected chi connectivity index (χ4v) is 4.30. The second kappa shape index (κ2) is 7.31. The molecule has 1 aromatic carbocycles. The molecule has 0 aliphatic carbocycles. The summed E-state index contributed by atoms with van der Waals surface area (Å²) in [5.41, 5.74) is 3.99. The number of benzene rings is 1. The van der Waals surface area contributed by atoms with Crippen molar-refractivity contribution in [3.63, 3.8) is 0 Å². The maximum absolute atomic E-state index is 12.5. The van der Waals surface area contributed by atoms with E-state index in [4.69, 9.17) is 14.5 Å². The third-order valence-corrected chi connectivity index (χ3v) is 5.64. The molecule has 0 unspecified atom stereocenters. The maximum Gasteiger partial charge on any atom is 0.287 e. The molecule has 4 rings (SSSR count). The highest BCUT2D eigenvalue weighted by molar-refractivity contribution is 7.13. The Labute approximate surface area is 168 Å². The second-order valence-electron chi connectivity index (χ2n) is 6.92. The Hall–Kier alpha value is -2.80. The molecule has 0 fully saturated rings. The lowest BCUT2D eigenvalue weighted by atomic mass is 9.96. The minimum Gasteiger partial charge on any atom is -0.493 e. The molecule has 0 bridgehead atoms. The van der Waals surface area contributed by atoms with Crippen molar-refractivity contribution in [1.29, 1.82) is 0 Å². The van der Waals surface area contributed by atoms with E-state index in [1.165, 1.54) is 5.56 Å². The van der Waals surface area contributed by atoms with Crippen LogP contribution in [0.15, 0.2) is 29.6 Å². The van der Waals surface area contributed by atoms with Crippen LogP contribution in [-0.4, -0.2) is 35.7 Å². The molecule has 0 spiro atoms. The number of nitrogens with one attached hydrogen (secondary N) is 1. The number of imidazole rings is 1. The van der Waals surface area contributed by atoms with E-state index in [-0.39, 0.29) is 12.0 Å². The van der Waals surface area contributed by atoms with Gasteiger partial charge in [0.1, 0.15) is 5.69 Å². The zero-order valence-corrected chi connectivity index (χ0v) is 17.2. The summed E-state index contributed by atoms with van der Waals surface area (Å²) in [5, 5.41) is 4.73. The number of aromatic nitrogens is 2. The summed E-state index contributed by atoms with van der Waals surface area (Å²) in [6.07, 6.45) is 0.823. The van der Waals surface area contributed by atoms with Gasteiger partial charge in [-0.15, -0.1) is 11.3 Å². The number of thiophene rings is 1. The Balaban J connectivity index is 1.97. The van der Waals surface area contributed by atoms with Crippen LogP contribution in [0, 0.1) is 0 Å². The van der Waals surface area contributed by atoms with Gasteiger partial charge in [-0.1, -0.05) is 6.07 Å². The van der Waals surface area contributed by atoms with E-state index < -0.39 is 0 Å². The number of amides is 1. The largest absolute Gasteiger partial charge is 0.493 e. The molecule has 1 N–H and O–H groups in total. The minimum absolute atomic E-state index is 0.0265. The molecule has 0 atom stereocenters. The topological polar surface area (TPSA) is 65.4 Å². The van der Waals surface area contributed by atoms with Gasteiger partial charge in [0.2, 0.25) is 0 Å². The van der Waals surface area contributed by atoms with E-state index in [0.717, 1.165) is 34.0 Å². The van der Waals surface area contributed by atoms with E-state index in [1.54, 1.807) is 25.5 Å². The number of methoxy groups -OCH3 is 1. The standard InChI is InChI=1S/C21H23N3O3S/c1-12(2)27-16-11-14-13(10-15(16)26-4)7-8-24-19(14)18(17-6-5-9-28-17)23-20(24)21(25)22-3/h5-6,9-12H,7-8H2,1-4H3,(H,22,25). The highest BCUT2D eigenvalue weighted by atomic mass is 32.1. The van der Waals surface area contributed by atoms with Crippen LogP contribution >= 0.6 is 11.3 Å². The van der Waals surface area contributed by atoms with Gasteiger partial charge in [-0.05, 0) is 49.4 Å². The fourth-order valence-electron chi connectivity index (χ4n) is 3.58. The van der Waals surface area contributed by atoms with Crippen molar-refractivity contribution in [2.75, 3.05) is 14.2 Å². The Bertz CT molecular complexity index is 1020. The maximum atomic E-state index is 12.5. The summed E-state index contributed by atoms with van der Waals surface area (Å²) < 4.78 is 13.6. The fraction of sp³-hybridized carbons (Fsp3) is 0.333. The van der Waals surface area contributed by atoms with Crippen molar-refractivity contribution in [2.24, 2.45) is 0 Å². The number of ether oxygens (including phenoxy) is 2. The summed E-state index contributed by atoms with van der Waals surface area (Å²) >= 11 is 1.62. The molecule has 28 heavy (non-hydrogen) atoms. The highest BCUT2D eigenvalue weighted by Gasteiger charge is 2.29. The third kappa shape index (κ3) is 3.05. The second-order valence-corrected chi connectivity index (χ2v) is 7.87. The SMILES string of the molecule is CNC(=O)c1nc(-c2cccs2)c2n1CCc1cc(OC)c(OC(C)C)cc1-2. The molecular weight excluding hydrogens is 374 g/mol. The van der Waals surface area contributed by atoms with Gasteiger partial charge in [0.25, 0.3) is 5.91 Å². The van der Waals surface area contributed by atoms with Crippen LogP contribution in [0.3, 0.4) is 0 Å². The lowest BCUT2D eigenvalue weighted by Crippen LogP contribution is -2.24. The number of carbonyl (C=O) groups is 1. The molecule has 0 radical (unpaired) electrons. The third-order valence-electron chi connectivity index (χ3n) is 4.76. The molecule has 7 heteroatoms. The Morgan fingerprint density at radius 3 is 2.79 bits per heavy atom. The number of carbonyl (C=O) groups excluding carboxylic acids is 1. The van der Waals surface area contributed by atoms with Gasteiger partial charge in [-0.2, -0.15) is 0 Å². The average Bonchev–Trinajstić information content (AvgIpc) is 3.34. The van der Waals surface area contributed by atoms with Crippen molar-refractivity contribution in [1.82, 2.24) is 14.9 Å². The van der Waals surface area contributed by atoms with Crippen molar-refractivity contribution in [2.45, 2.75) is 32.9 Å². The molecule has 3 heterocycles. The molecular formula is C21H23N3O3S. The predicted molar refractivity (Wildman–Crippen MR) is 110 cm³/mol. The zero-order chi connectivity index (χ0) is 19.8. The highest BCUT2D eigenvalue weighted by Crippen LogP contribution is 2.44. The molecule has 146 valence electrons. The number of fused-ring (bicyclic) bond motifs is 3. The number of hydrogen-bond donors (Lipinski definition) is 1. The Morgan fingerprint density at radius 2 is 2.14 bits per heavy atom. The summed E-state index contributed by atoms with van der Waals surface area (Å²) in [5.74, 6) is 1.68. The first-order valence-corrected chi connectivity index (χ1v) is 10.2. The van der Waals surface area contributed by atoms with E-state index in [2.05, 4.69) is 5.32 Å². The van der Waals surface area contributed by atoms with E-state index in [1.807, 2.05) is 48.1 Å². The summed E-state index contributed by atoms with van der Waals surface area (Å²) in [4.78, 5) is 18.2. The normalized spacial score (nSPS) is 12.5. The molecule has 2 aromatic heterocycles. The predicted octanol–water partition coefficient (Wildman–Crippen LogP) is 3.99. The molecule has 1 aliphatic heterocycles. The van der Waals surface area contributed by atoms with E-state index in [0.29, 0.717) is 18.1 Å². The monoisotopic (exact) mass is 397 g/mol. The molecule has 3 aromatic rings. The van der Waals surface area contributed by atoms with Crippen molar-refractivity contribution < 1.29 is 14.3 Å². The van der Waals surface area contributed by atoms with Gasteiger partial charge in [-0.3, -0.25) is 4.79 Å². The first kappa shape index (κ1) is 18.6. The first-order chi connectivity index (χ1) is 13.5. The van der Waals surface area contributed by atoms with Crippen LogP contribution in [0.5, 0.6) is 11.5 Å². The van der Waals surface area contributed by atoms with Crippen LogP contribution in [0.2, 0.25) is 0 Å². The lowest BCUT2D eigenvalue weighted by molar-refractivity contribution is 0.0948. The van der Waals surface area contributed by atoms with Crippen LogP contribution in [0.25, 0.3) is 21.8 Å². The Morgan fingerprint density at radius 1 is 1.32 bits per heavy atom. The van der Waals surface area contributed by atoms with Crippen molar-refractivity contribution in [3.05, 3.63) is 41.0 Å². The minimum atomic E-state index is -0.181. The molecule has 0 saturated carbocycles. The smallest absolute Gasteiger partial charge is 0.287 e. The number of aryl methyl sites for hydroxylation is 1. The quantitative estimate of drug-likeness (QED) is 0.707. The molecule has 0 saturated heterocycles. The molecule has 1 aliphatic rings. The van der Waals surface area contributed by atoms with E-state index in [9.17, 15) is 4.79 Å². The van der Waals surface area contributed by atoms with Crippen molar-refractivity contribution in [3.8, 4) is 33.3 Å².